The van der Waals surface area contributed by atoms with E-state index in [0.717, 1.165) is 5.46 Å². The summed E-state index contributed by atoms with van der Waals surface area (Å²) in [6.45, 7) is 6.15. The van der Waals surface area contributed by atoms with E-state index < -0.39 is 7.12 Å². The van der Waals surface area contributed by atoms with Gasteiger partial charge in [-0.3, -0.25) is 0 Å². The quantitative estimate of drug-likeness (QED) is 0.720. The van der Waals surface area contributed by atoms with Crippen LogP contribution in [0.1, 0.15) is 20.8 Å². The van der Waals surface area contributed by atoms with Gasteiger partial charge in [0.15, 0.2) is 7.28 Å². The summed E-state index contributed by atoms with van der Waals surface area (Å²) in [5.41, 5.74) is 1.25. The molecule has 1 aromatic carbocycles. The fraction of sp³-hybridized carbons (Fsp3) is 0.400. The third kappa shape index (κ3) is 3.90. The molecule has 1 aromatic rings. The zero-order valence-electron chi connectivity index (χ0n) is 9.16. The number of hydrogen-bond donors (Lipinski definition) is 2. The molecule has 0 atom stereocenters. The minimum absolute atomic E-state index is 0.0164. The van der Waals surface area contributed by atoms with Crippen LogP contribution in [-0.2, 0) is 0 Å². The Bertz CT molecular complexity index is 348. The summed E-state index contributed by atoms with van der Waals surface area (Å²) in [5.74, 6) is 0. The number of halogens is 1. The molecule has 0 aliphatic heterocycles. The maximum Gasteiger partial charge on any atom is 0.487 e. The molecule has 0 bridgehead atoms. The highest BCUT2D eigenvalue weighted by Crippen LogP contribution is 2.19. The van der Waals surface area contributed by atoms with Crippen LogP contribution in [0.5, 0.6) is 0 Å². The van der Waals surface area contributed by atoms with Crippen molar-refractivity contribution in [2.45, 2.75) is 26.1 Å². The Morgan fingerprint density at radius 1 is 1.27 bits per heavy atom. The Kier molecular flexibility index (Phi) is 3.87. The summed E-state index contributed by atoms with van der Waals surface area (Å²) in [6.07, 6.45) is 0. The fourth-order valence-electron chi connectivity index (χ4n) is 1.37. The molecule has 0 unspecified atom stereocenters. The van der Waals surface area contributed by atoms with E-state index in [2.05, 4.69) is 20.8 Å². The van der Waals surface area contributed by atoms with Crippen molar-refractivity contribution >= 4 is 36.9 Å². The lowest BCUT2D eigenvalue weighted by molar-refractivity contribution is 0.426. The fourth-order valence-corrected chi connectivity index (χ4v) is 1.55. The first-order valence-electron chi connectivity index (χ1n) is 4.81. The van der Waals surface area contributed by atoms with Gasteiger partial charge in [-0.25, -0.2) is 0 Å². The zero-order chi connectivity index (χ0) is 11.6. The maximum absolute atomic E-state index is 9.20. The van der Waals surface area contributed by atoms with E-state index in [4.69, 9.17) is 11.6 Å². The Morgan fingerprint density at radius 2 is 1.87 bits per heavy atom. The van der Waals surface area contributed by atoms with E-state index >= 15 is 0 Å². The molecular formula is C10H14B2ClO2. The summed E-state index contributed by atoms with van der Waals surface area (Å²) in [7, 11) is 0.496. The Hall–Kier alpha value is -0.440. The predicted octanol–water partition coefficient (Wildman–Crippen LogP) is 0.568. The molecule has 0 aromatic heterocycles. The Balaban J connectivity index is 3.06. The Morgan fingerprint density at radius 3 is 2.33 bits per heavy atom. The van der Waals surface area contributed by atoms with Gasteiger partial charge in [0.25, 0.3) is 0 Å². The van der Waals surface area contributed by atoms with Gasteiger partial charge in [0.1, 0.15) is 0 Å². The second-order valence-electron chi connectivity index (χ2n) is 4.66. The minimum Gasteiger partial charge on any atom is -0.423 e. The molecule has 0 fully saturated rings. The molecule has 0 aliphatic carbocycles. The molecule has 15 heavy (non-hydrogen) atoms. The van der Waals surface area contributed by atoms with Gasteiger partial charge in [-0.2, -0.15) is 0 Å². The van der Waals surface area contributed by atoms with Crippen LogP contribution in [0.3, 0.4) is 0 Å². The van der Waals surface area contributed by atoms with Gasteiger partial charge in [0.2, 0.25) is 0 Å². The first kappa shape index (κ1) is 12.6. The molecule has 1 radical (unpaired) electrons. The van der Waals surface area contributed by atoms with Gasteiger partial charge in [0, 0.05) is 5.02 Å². The first-order valence-corrected chi connectivity index (χ1v) is 5.19. The minimum atomic E-state index is -1.49. The molecule has 5 heteroatoms. The third-order valence-electron chi connectivity index (χ3n) is 1.92. The van der Waals surface area contributed by atoms with E-state index in [-0.39, 0.29) is 5.31 Å². The van der Waals surface area contributed by atoms with E-state index in [9.17, 15) is 10.0 Å². The zero-order valence-corrected chi connectivity index (χ0v) is 9.92. The number of hydrogen-bond acceptors (Lipinski definition) is 2. The average Bonchev–Trinajstić information content (AvgIpc) is 2.05. The van der Waals surface area contributed by atoms with Crippen LogP contribution in [0.25, 0.3) is 0 Å². The monoisotopic (exact) mass is 223 g/mol. The van der Waals surface area contributed by atoms with Crippen LogP contribution in [0.4, 0.5) is 0 Å². The van der Waals surface area contributed by atoms with Crippen molar-refractivity contribution in [3.63, 3.8) is 0 Å². The third-order valence-corrected chi connectivity index (χ3v) is 2.15. The lowest BCUT2D eigenvalue weighted by atomic mass is 9.48. The van der Waals surface area contributed by atoms with Crippen molar-refractivity contribution in [3.05, 3.63) is 23.2 Å². The van der Waals surface area contributed by atoms with E-state index in [1.54, 1.807) is 18.2 Å². The highest BCUT2D eigenvalue weighted by atomic mass is 35.5. The molecular weight excluding hydrogens is 209 g/mol. The normalized spacial score (nSPS) is 11.3. The lowest BCUT2D eigenvalue weighted by Crippen LogP contribution is -2.45. The standard InChI is InChI=1S/C10H14B2ClO2/c1-10(2,3)11-8-5-4-7(13)6-9(8)12(14)15/h4-6,14-15H,1-3H3. The second kappa shape index (κ2) is 4.60. The summed E-state index contributed by atoms with van der Waals surface area (Å²) in [6, 6.07) is 5.11. The van der Waals surface area contributed by atoms with Crippen LogP contribution < -0.4 is 10.9 Å². The van der Waals surface area contributed by atoms with Crippen LogP contribution in [0.15, 0.2) is 18.2 Å². The van der Waals surface area contributed by atoms with E-state index in [1.165, 1.54) is 0 Å². The Labute approximate surface area is 96.7 Å². The second-order valence-corrected chi connectivity index (χ2v) is 5.09. The smallest absolute Gasteiger partial charge is 0.423 e. The molecule has 0 saturated heterocycles. The van der Waals surface area contributed by atoms with Crippen LogP contribution in [-0.4, -0.2) is 24.4 Å². The summed E-state index contributed by atoms with van der Waals surface area (Å²) >= 11 is 5.80. The number of benzene rings is 1. The highest BCUT2D eigenvalue weighted by Gasteiger charge is 2.21. The van der Waals surface area contributed by atoms with Gasteiger partial charge in [-0.15, -0.1) is 0 Å². The van der Waals surface area contributed by atoms with E-state index in [0.29, 0.717) is 10.5 Å². The molecule has 0 spiro atoms. The van der Waals surface area contributed by atoms with Gasteiger partial charge >= 0.3 is 7.12 Å². The molecule has 0 heterocycles. The van der Waals surface area contributed by atoms with Crippen LogP contribution in [0.2, 0.25) is 10.3 Å². The molecule has 2 nitrogen and oxygen atoms in total. The molecule has 0 amide bonds. The van der Waals surface area contributed by atoms with Crippen molar-refractivity contribution in [1.82, 2.24) is 0 Å². The van der Waals surface area contributed by atoms with Crippen molar-refractivity contribution < 1.29 is 10.0 Å². The lowest BCUT2D eigenvalue weighted by Gasteiger charge is -2.19. The summed E-state index contributed by atoms with van der Waals surface area (Å²) in [4.78, 5) is 0. The van der Waals surface area contributed by atoms with Crippen LogP contribution in [0, 0.1) is 0 Å². The van der Waals surface area contributed by atoms with Crippen molar-refractivity contribution in [2.75, 3.05) is 0 Å². The molecule has 79 valence electrons. The number of rotatable bonds is 2. The van der Waals surface area contributed by atoms with E-state index in [1.807, 2.05) is 7.28 Å². The summed E-state index contributed by atoms with van der Waals surface area (Å²) in [5, 5.41) is 18.9. The van der Waals surface area contributed by atoms with Crippen molar-refractivity contribution in [3.8, 4) is 0 Å². The SMILES string of the molecule is CC(C)(C)[B]c1ccc(Cl)cc1B(O)O. The van der Waals surface area contributed by atoms with Gasteiger partial charge < -0.3 is 10.0 Å². The molecule has 1 rings (SSSR count). The van der Waals surface area contributed by atoms with Gasteiger partial charge in [0.05, 0.1) is 0 Å². The molecule has 0 saturated carbocycles. The highest BCUT2D eigenvalue weighted by molar-refractivity contribution is 6.70. The predicted molar refractivity (Wildman–Crippen MR) is 66.4 cm³/mol. The van der Waals surface area contributed by atoms with Crippen molar-refractivity contribution in [2.24, 2.45) is 0 Å². The maximum atomic E-state index is 9.20. The van der Waals surface area contributed by atoms with Gasteiger partial charge in [-0.1, -0.05) is 49.2 Å². The molecule has 2 N–H and O–H groups in total. The topological polar surface area (TPSA) is 40.5 Å². The largest absolute Gasteiger partial charge is 0.487 e. The van der Waals surface area contributed by atoms with Crippen LogP contribution >= 0.6 is 11.6 Å². The molecule has 0 aliphatic rings. The average molecular weight is 223 g/mol. The van der Waals surface area contributed by atoms with Gasteiger partial charge in [-0.05, 0) is 17.6 Å². The van der Waals surface area contributed by atoms with Crippen molar-refractivity contribution in [1.29, 1.82) is 0 Å². The summed E-state index contributed by atoms with van der Waals surface area (Å²) < 4.78 is 0. The first-order chi connectivity index (χ1) is 6.79.